The minimum Gasteiger partial charge on any atom is -0.491 e. The summed E-state index contributed by atoms with van der Waals surface area (Å²) in [6.45, 7) is 5.49. The molecule has 0 aliphatic carbocycles. The van der Waals surface area contributed by atoms with Crippen LogP contribution in [0.5, 0.6) is 5.75 Å². The van der Waals surface area contributed by atoms with Gasteiger partial charge in [-0.15, -0.1) is 0 Å². The van der Waals surface area contributed by atoms with Crippen molar-refractivity contribution in [2.45, 2.75) is 32.9 Å². The fraction of sp³-hybridized carbons (Fsp3) is 0.375. The van der Waals surface area contributed by atoms with Crippen LogP contribution in [0, 0.1) is 0 Å². The molecule has 1 unspecified atom stereocenters. The Bertz CT molecular complexity index is 670. The number of rotatable bonds is 4. The highest BCUT2D eigenvalue weighted by atomic mass is 79.9. The lowest BCUT2D eigenvalue weighted by Crippen LogP contribution is -2.45. The van der Waals surface area contributed by atoms with E-state index in [4.69, 9.17) is 9.47 Å². The molecule has 1 heterocycles. The lowest BCUT2D eigenvalue weighted by atomic mass is 9.95. The Labute approximate surface area is 143 Å². The second kappa shape index (κ2) is 7.04. The lowest BCUT2D eigenvalue weighted by molar-refractivity contribution is -0.136. The highest BCUT2D eigenvalue weighted by Gasteiger charge is 2.33. The minimum absolute atomic E-state index is 0.0426. The first-order chi connectivity index (χ1) is 10.8. The van der Waals surface area contributed by atoms with Crippen LogP contribution in [0.2, 0.25) is 0 Å². The monoisotopic (exact) mass is 382 g/mol. The van der Waals surface area contributed by atoms with E-state index in [0.29, 0.717) is 22.6 Å². The average Bonchev–Trinajstić information content (AvgIpc) is 2.47. The predicted molar refractivity (Wildman–Crippen MR) is 89.0 cm³/mol. The van der Waals surface area contributed by atoms with Crippen molar-refractivity contribution in [2.24, 2.45) is 0 Å². The molecule has 0 bridgehead atoms. The second-order valence-electron chi connectivity index (χ2n) is 5.41. The van der Waals surface area contributed by atoms with Crippen LogP contribution in [-0.2, 0) is 9.53 Å². The first-order valence-electron chi connectivity index (χ1n) is 7.16. The van der Waals surface area contributed by atoms with Crippen molar-refractivity contribution in [3.63, 3.8) is 0 Å². The normalized spacial score (nSPS) is 17.7. The third kappa shape index (κ3) is 3.85. The molecule has 0 spiro atoms. The number of esters is 1. The minimum atomic E-state index is -0.651. The SMILES string of the molecule is COC(=O)C1=C(C)NC(=O)NC1c1cc(Br)ccc1OC(C)C. The van der Waals surface area contributed by atoms with Gasteiger partial charge >= 0.3 is 12.0 Å². The number of hydrogen-bond donors (Lipinski definition) is 2. The number of amides is 2. The maximum Gasteiger partial charge on any atom is 0.337 e. The molecule has 0 fully saturated rings. The van der Waals surface area contributed by atoms with Gasteiger partial charge in [-0.1, -0.05) is 15.9 Å². The summed E-state index contributed by atoms with van der Waals surface area (Å²) in [6, 6.07) is 4.44. The van der Waals surface area contributed by atoms with Gasteiger partial charge in [0, 0.05) is 15.7 Å². The standard InChI is InChI=1S/C16H19BrN2O4/c1-8(2)23-12-6-5-10(17)7-11(12)14-13(15(20)22-4)9(3)18-16(21)19-14/h5-8,14H,1-4H3,(H2,18,19,21). The summed E-state index contributed by atoms with van der Waals surface area (Å²) in [6.07, 6.45) is -0.0426. The zero-order valence-corrected chi connectivity index (χ0v) is 15.0. The number of urea groups is 1. The molecule has 1 atom stereocenters. The average molecular weight is 383 g/mol. The topological polar surface area (TPSA) is 76.7 Å². The number of halogens is 1. The molecule has 6 nitrogen and oxygen atoms in total. The van der Waals surface area contributed by atoms with E-state index in [0.717, 1.165) is 4.47 Å². The van der Waals surface area contributed by atoms with Crippen LogP contribution >= 0.6 is 15.9 Å². The van der Waals surface area contributed by atoms with Crippen LogP contribution in [0.3, 0.4) is 0 Å². The maximum absolute atomic E-state index is 12.2. The van der Waals surface area contributed by atoms with Crippen molar-refractivity contribution in [3.8, 4) is 5.75 Å². The lowest BCUT2D eigenvalue weighted by Gasteiger charge is -2.29. The van der Waals surface area contributed by atoms with Crippen molar-refractivity contribution in [3.05, 3.63) is 39.5 Å². The Morgan fingerprint density at radius 2 is 2.04 bits per heavy atom. The predicted octanol–water partition coefficient (Wildman–Crippen LogP) is 3.04. The Hall–Kier alpha value is -2.02. The Morgan fingerprint density at radius 1 is 1.35 bits per heavy atom. The summed E-state index contributed by atoms with van der Waals surface area (Å²) in [4.78, 5) is 24.0. The molecule has 1 aromatic carbocycles. The van der Waals surface area contributed by atoms with Gasteiger partial charge in [-0.2, -0.15) is 0 Å². The van der Waals surface area contributed by atoms with Gasteiger partial charge in [-0.25, -0.2) is 9.59 Å². The maximum atomic E-state index is 12.2. The van der Waals surface area contributed by atoms with Gasteiger partial charge in [0.05, 0.1) is 24.8 Å². The summed E-state index contributed by atoms with van der Waals surface area (Å²) in [7, 11) is 1.31. The summed E-state index contributed by atoms with van der Waals surface area (Å²) in [5.41, 5.74) is 1.49. The number of nitrogens with one attached hydrogen (secondary N) is 2. The molecular formula is C16H19BrN2O4. The molecule has 2 amide bonds. The summed E-state index contributed by atoms with van der Waals surface area (Å²) >= 11 is 3.42. The van der Waals surface area contributed by atoms with Gasteiger partial charge < -0.3 is 20.1 Å². The summed E-state index contributed by atoms with van der Waals surface area (Å²) < 4.78 is 11.5. The van der Waals surface area contributed by atoms with Gasteiger partial charge in [0.2, 0.25) is 0 Å². The molecule has 23 heavy (non-hydrogen) atoms. The van der Waals surface area contributed by atoms with Crippen LogP contribution in [0.1, 0.15) is 32.4 Å². The van der Waals surface area contributed by atoms with Crippen molar-refractivity contribution in [1.82, 2.24) is 10.6 Å². The molecule has 0 radical (unpaired) electrons. The molecule has 2 N–H and O–H groups in total. The van der Waals surface area contributed by atoms with Crippen LogP contribution < -0.4 is 15.4 Å². The van der Waals surface area contributed by atoms with Gasteiger partial charge in [-0.3, -0.25) is 0 Å². The Morgan fingerprint density at radius 3 is 2.65 bits per heavy atom. The van der Waals surface area contributed by atoms with E-state index < -0.39 is 12.0 Å². The number of hydrogen-bond acceptors (Lipinski definition) is 4. The van der Waals surface area contributed by atoms with Crippen LogP contribution in [0.4, 0.5) is 4.79 Å². The highest BCUT2D eigenvalue weighted by Crippen LogP contribution is 2.35. The zero-order chi connectivity index (χ0) is 17.1. The van der Waals surface area contributed by atoms with Crippen LogP contribution in [0.25, 0.3) is 0 Å². The van der Waals surface area contributed by atoms with Crippen molar-refractivity contribution in [2.75, 3.05) is 7.11 Å². The van der Waals surface area contributed by atoms with Gasteiger partial charge in [0.25, 0.3) is 0 Å². The van der Waals surface area contributed by atoms with Gasteiger partial charge in [0.1, 0.15) is 5.75 Å². The number of carbonyl (C=O) groups is 2. The summed E-state index contributed by atoms with van der Waals surface area (Å²) in [5.74, 6) is 0.0973. The quantitative estimate of drug-likeness (QED) is 0.784. The number of ether oxygens (including phenoxy) is 2. The largest absolute Gasteiger partial charge is 0.491 e. The number of methoxy groups -OCH3 is 1. The smallest absolute Gasteiger partial charge is 0.337 e. The Kier molecular flexibility index (Phi) is 5.30. The molecular weight excluding hydrogens is 364 g/mol. The van der Waals surface area contributed by atoms with E-state index in [1.54, 1.807) is 13.0 Å². The second-order valence-corrected chi connectivity index (χ2v) is 6.33. The molecule has 7 heteroatoms. The van der Waals surface area contributed by atoms with E-state index in [2.05, 4.69) is 26.6 Å². The molecule has 1 aliphatic heterocycles. The van der Waals surface area contributed by atoms with Crippen molar-refractivity contribution in [1.29, 1.82) is 0 Å². The molecule has 0 saturated heterocycles. The van der Waals surface area contributed by atoms with Gasteiger partial charge in [-0.05, 0) is 39.0 Å². The van der Waals surface area contributed by atoms with E-state index in [1.807, 2.05) is 26.0 Å². The molecule has 1 aliphatic rings. The van der Waals surface area contributed by atoms with Crippen molar-refractivity contribution >= 4 is 27.9 Å². The molecule has 0 saturated carbocycles. The molecule has 0 aromatic heterocycles. The van der Waals surface area contributed by atoms with Gasteiger partial charge in [0.15, 0.2) is 0 Å². The highest BCUT2D eigenvalue weighted by molar-refractivity contribution is 9.10. The van der Waals surface area contributed by atoms with E-state index in [1.165, 1.54) is 7.11 Å². The zero-order valence-electron chi connectivity index (χ0n) is 13.4. The third-order valence-corrected chi connectivity index (χ3v) is 3.81. The number of allylic oxidation sites excluding steroid dienone is 1. The first kappa shape index (κ1) is 17.3. The van der Waals surface area contributed by atoms with Crippen molar-refractivity contribution < 1.29 is 19.1 Å². The van der Waals surface area contributed by atoms with Crippen LogP contribution in [0.15, 0.2) is 33.9 Å². The first-order valence-corrected chi connectivity index (χ1v) is 7.95. The van der Waals surface area contributed by atoms with E-state index in [9.17, 15) is 9.59 Å². The number of benzene rings is 1. The summed E-state index contributed by atoms with van der Waals surface area (Å²) in [5, 5.41) is 5.36. The van der Waals surface area contributed by atoms with E-state index >= 15 is 0 Å². The van der Waals surface area contributed by atoms with Crippen LogP contribution in [-0.4, -0.2) is 25.2 Å². The molecule has 124 valence electrons. The Balaban J connectivity index is 2.57. The third-order valence-electron chi connectivity index (χ3n) is 3.32. The molecule has 1 aromatic rings. The molecule has 2 rings (SSSR count). The number of carbonyl (C=O) groups excluding carboxylic acids is 2. The fourth-order valence-corrected chi connectivity index (χ4v) is 2.79. The van der Waals surface area contributed by atoms with E-state index in [-0.39, 0.29) is 12.1 Å². The fourth-order valence-electron chi connectivity index (χ4n) is 2.41.